The van der Waals surface area contributed by atoms with Gasteiger partial charge in [-0.15, -0.1) is 0 Å². The number of methoxy groups -OCH3 is 3. The quantitative estimate of drug-likeness (QED) is 0.489. The predicted octanol–water partition coefficient (Wildman–Crippen LogP) is 4.03. The van der Waals surface area contributed by atoms with Crippen molar-refractivity contribution in [2.75, 3.05) is 52.4 Å². The minimum Gasteiger partial charge on any atom is -0.496 e. The van der Waals surface area contributed by atoms with E-state index < -0.39 is 5.91 Å². The Balaban J connectivity index is 1.44. The van der Waals surface area contributed by atoms with Crippen LogP contribution in [-0.4, -0.2) is 58.3 Å². The van der Waals surface area contributed by atoms with Gasteiger partial charge in [0.25, 0.3) is 0 Å². The Kier molecular flexibility index (Phi) is 8.00. The number of primary amides is 1. The van der Waals surface area contributed by atoms with Crippen molar-refractivity contribution in [3.8, 4) is 17.2 Å². The van der Waals surface area contributed by atoms with Gasteiger partial charge in [0.15, 0.2) is 11.5 Å². The lowest BCUT2D eigenvalue weighted by Crippen LogP contribution is -2.46. The molecule has 0 spiro atoms. The molecule has 0 aromatic heterocycles. The lowest BCUT2D eigenvalue weighted by molar-refractivity contribution is 0.0999. The zero-order chi connectivity index (χ0) is 25.7. The van der Waals surface area contributed by atoms with Crippen molar-refractivity contribution in [1.82, 2.24) is 4.90 Å². The third kappa shape index (κ3) is 5.57. The third-order valence-electron chi connectivity index (χ3n) is 6.81. The van der Waals surface area contributed by atoms with E-state index in [1.165, 1.54) is 11.3 Å². The van der Waals surface area contributed by atoms with E-state index in [2.05, 4.69) is 46.2 Å². The molecule has 36 heavy (non-hydrogen) atoms. The van der Waals surface area contributed by atoms with Gasteiger partial charge in [-0.3, -0.25) is 9.69 Å². The van der Waals surface area contributed by atoms with Crippen LogP contribution in [0.3, 0.4) is 0 Å². The van der Waals surface area contributed by atoms with Crippen molar-refractivity contribution in [3.05, 3.63) is 82.4 Å². The second kappa shape index (κ2) is 11.4. The van der Waals surface area contributed by atoms with Crippen LogP contribution in [0.2, 0.25) is 0 Å². The molecule has 4 rings (SSSR count). The molecule has 0 aliphatic carbocycles. The van der Waals surface area contributed by atoms with Crippen molar-refractivity contribution in [3.63, 3.8) is 0 Å². The first-order chi connectivity index (χ1) is 17.4. The number of rotatable bonds is 9. The molecule has 0 bridgehead atoms. The molecule has 7 nitrogen and oxygen atoms in total. The number of benzene rings is 3. The number of ether oxygens (including phenoxy) is 3. The fraction of sp³-hybridized carbons (Fsp3) is 0.345. The molecule has 1 fully saturated rings. The third-order valence-corrected chi connectivity index (χ3v) is 6.81. The van der Waals surface area contributed by atoms with Crippen LogP contribution >= 0.6 is 0 Å². The first kappa shape index (κ1) is 25.4. The van der Waals surface area contributed by atoms with Gasteiger partial charge >= 0.3 is 0 Å². The van der Waals surface area contributed by atoms with Gasteiger partial charge in [0.05, 0.1) is 21.3 Å². The zero-order valence-corrected chi connectivity index (χ0v) is 21.5. The molecule has 0 atom stereocenters. The first-order valence-electron chi connectivity index (χ1n) is 12.2. The molecule has 0 saturated carbocycles. The summed E-state index contributed by atoms with van der Waals surface area (Å²) in [6, 6.07) is 18.3. The molecule has 0 radical (unpaired) electrons. The summed E-state index contributed by atoms with van der Waals surface area (Å²) in [6.07, 6.45) is 0.580. The Bertz CT molecular complexity index is 1220. The highest BCUT2D eigenvalue weighted by Crippen LogP contribution is 2.31. The molecule has 0 unspecified atom stereocenters. The van der Waals surface area contributed by atoms with E-state index in [-0.39, 0.29) is 0 Å². The number of hydrogen-bond acceptors (Lipinski definition) is 6. The normalized spacial score (nSPS) is 13.9. The monoisotopic (exact) mass is 489 g/mol. The maximum absolute atomic E-state index is 12.1. The molecule has 3 aromatic carbocycles. The molecule has 2 N–H and O–H groups in total. The molecule has 190 valence electrons. The highest BCUT2D eigenvalue weighted by Gasteiger charge is 2.20. The van der Waals surface area contributed by atoms with Crippen LogP contribution in [0.1, 0.15) is 32.6 Å². The summed E-state index contributed by atoms with van der Waals surface area (Å²) >= 11 is 0. The standard InChI is InChI=1S/C29H35N3O4/c1-20-8-10-24(29(30)33)25(28(20)36-4)17-21-6-5-7-23(16-21)32-14-12-31(13-15-32)19-22-9-11-26(34-2)27(18-22)35-3/h5-11,16,18H,12-15,17,19H2,1-4H3,(H2,30,33). The lowest BCUT2D eigenvalue weighted by Gasteiger charge is -2.36. The topological polar surface area (TPSA) is 77.3 Å². The van der Waals surface area contributed by atoms with E-state index in [0.29, 0.717) is 12.0 Å². The minimum absolute atomic E-state index is 0.440. The van der Waals surface area contributed by atoms with Crippen LogP contribution in [0.5, 0.6) is 17.2 Å². The molecule has 3 aromatic rings. The fourth-order valence-electron chi connectivity index (χ4n) is 4.90. The first-order valence-corrected chi connectivity index (χ1v) is 12.2. The smallest absolute Gasteiger partial charge is 0.249 e. The number of anilines is 1. The Morgan fingerprint density at radius 3 is 2.28 bits per heavy atom. The molecule has 1 aliphatic heterocycles. The molecule has 1 amide bonds. The second-order valence-corrected chi connectivity index (χ2v) is 9.11. The molecule has 7 heteroatoms. The van der Waals surface area contributed by atoms with Crippen LogP contribution in [-0.2, 0) is 13.0 Å². The lowest BCUT2D eigenvalue weighted by atomic mass is 9.95. The number of nitrogens with zero attached hydrogens (tertiary/aromatic N) is 2. The Morgan fingerprint density at radius 2 is 1.61 bits per heavy atom. The second-order valence-electron chi connectivity index (χ2n) is 9.11. The van der Waals surface area contributed by atoms with E-state index in [1.54, 1.807) is 27.4 Å². The van der Waals surface area contributed by atoms with E-state index in [9.17, 15) is 4.79 Å². The molecule has 1 aliphatic rings. The molecule has 1 saturated heterocycles. The van der Waals surface area contributed by atoms with E-state index in [1.807, 2.05) is 19.1 Å². The molecular weight excluding hydrogens is 454 g/mol. The molecular formula is C29H35N3O4. The Morgan fingerprint density at radius 1 is 0.861 bits per heavy atom. The average molecular weight is 490 g/mol. The van der Waals surface area contributed by atoms with E-state index in [4.69, 9.17) is 19.9 Å². The summed E-state index contributed by atoms with van der Waals surface area (Å²) in [5, 5.41) is 0. The summed E-state index contributed by atoms with van der Waals surface area (Å²) in [5.74, 6) is 1.79. The number of amides is 1. The van der Waals surface area contributed by atoms with Gasteiger partial charge < -0.3 is 24.8 Å². The summed E-state index contributed by atoms with van der Waals surface area (Å²) in [6.45, 7) is 6.67. The highest BCUT2D eigenvalue weighted by atomic mass is 16.5. The largest absolute Gasteiger partial charge is 0.496 e. The maximum Gasteiger partial charge on any atom is 0.249 e. The van der Waals surface area contributed by atoms with Crippen molar-refractivity contribution in [2.45, 2.75) is 19.9 Å². The van der Waals surface area contributed by atoms with Gasteiger partial charge in [0.1, 0.15) is 5.75 Å². The number of carbonyl (C=O) groups is 1. The van der Waals surface area contributed by atoms with Crippen molar-refractivity contribution >= 4 is 11.6 Å². The fourth-order valence-corrected chi connectivity index (χ4v) is 4.90. The number of piperazine rings is 1. The minimum atomic E-state index is -0.440. The Hall–Kier alpha value is -3.71. The van der Waals surface area contributed by atoms with Crippen LogP contribution in [0.4, 0.5) is 5.69 Å². The van der Waals surface area contributed by atoms with Gasteiger partial charge in [-0.1, -0.05) is 24.3 Å². The van der Waals surface area contributed by atoms with Crippen LogP contribution in [0.15, 0.2) is 54.6 Å². The summed E-state index contributed by atoms with van der Waals surface area (Å²) in [4.78, 5) is 16.9. The van der Waals surface area contributed by atoms with Crippen molar-refractivity contribution in [2.24, 2.45) is 5.73 Å². The van der Waals surface area contributed by atoms with Crippen molar-refractivity contribution < 1.29 is 19.0 Å². The number of carbonyl (C=O) groups excluding carboxylic acids is 1. The SMILES string of the molecule is COc1ccc(CN2CCN(c3cccc(Cc4c(C(N)=O)ccc(C)c4OC)c3)CC2)cc1OC. The predicted molar refractivity (Wildman–Crippen MR) is 143 cm³/mol. The number of nitrogens with two attached hydrogens (primary N) is 1. The van der Waals surface area contributed by atoms with Gasteiger partial charge in [0.2, 0.25) is 5.91 Å². The van der Waals surface area contributed by atoms with Crippen LogP contribution < -0.4 is 24.8 Å². The highest BCUT2D eigenvalue weighted by molar-refractivity contribution is 5.95. The Labute approximate surface area is 213 Å². The number of aryl methyl sites for hydroxylation is 1. The van der Waals surface area contributed by atoms with Gasteiger partial charge in [-0.25, -0.2) is 0 Å². The summed E-state index contributed by atoms with van der Waals surface area (Å²) in [7, 11) is 4.95. The van der Waals surface area contributed by atoms with E-state index >= 15 is 0 Å². The van der Waals surface area contributed by atoms with Gasteiger partial charge in [-0.2, -0.15) is 0 Å². The van der Waals surface area contributed by atoms with E-state index in [0.717, 1.165) is 66.7 Å². The zero-order valence-electron chi connectivity index (χ0n) is 21.5. The average Bonchev–Trinajstić information content (AvgIpc) is 2.89. The van der Waals surface area contributed by atoms with Gasteiger partial charge in [0, 0.05) is 56.0 Å². The van der Waals surface area contributed by atoms with Crippen LogP contribution in [0, 0.1) is 6.92 Å². The van der Waals surface area contributed by atoms with Crippen molar-refractivity contribution in [1.29, 1.82) is 0 Å². The summed E-state index contributed by atoms with van der Waals surface area (Å²) < 4.78 is 16.4. The maximum atomic E-state index is 12.1. The van der Waals surface area contributed by atoms with Gasteiger partial charge in [-0.05, 0) is 53.9 Å². The summed E-state index contributed by atoms with van der Waals surface area (Å²) in [5.41, 5.74) is 11.5. The molecule has 1 heterocycles. The van der Waals surface area contributed by atoms with Crippen LogP contribution in [0.25, 0.3) is 0 Å². The number of hydrogen-bond donors (Lipinski definition) is 1.